The Morgan fingerprint density at radius 2 is 1.81 bits per heavy atom. The zero-order chi connectivity index (χ0) is 22.1. The van der Waals surface area contributed by atoms with E-state index in [-0.39, 0.29) is 17.2 Å². The second-order valence-corrected chi connectivity index (χ2v) is 6.65. The van der Waals surface area contributed by atoms with Crippen molar-refractivity contribution >= 4 is 24.0 Å². The van der Waals surface area contributed by atoms with Crippen molar-refractivity contribution in [3.05, 3.63) is 71.3 Å². The summed E-state index contributed by atoms with van der Waals surface area (Å²) >= 11 is 0. The molecule has 0 saturated carbocycles. The van der Waals surface area contributed by atoms with E-state index >= 15 is 0 Å². The lowest BCUT2D eigenvalue weighted by Gasteiger charge is -2.26. The summed E-state index contributed by atoms with van der Waals surface area (Å²) in [5.74, 6) is -0.344. The van der Waals surface area contributed by atoms with Crippen LogP contribution in [0.15, 0.2) is 60.2 Å². The van der Waals surface area contributed by atoms with Crippen LogP contribution in [-0.2, 0) is 14.3 Å². The number of nitrogens with zero attached hydrogens (tertiary/aromatic N) is 2. The van der Waals surface area contributed by atoms with E-state index in [0.717, 1.165) is 5.56 Å². The number of amides is 1. The van der Waals surface area contributed by atoms with Crippen LogP contribution in [0.25, 0.3) is 12.2 Å². The lowest BCUT2D eigenvalue weighted by atomic mass is 10.1. The highest BCUT2D eigenvalue weighted by atomic mass is 16.6. The van der Waals surface area contributed by atoms with Gasteiger partial charge >= 0.3 is 5.97 Å². The molecule has 2 aromatic rings. The van der Waals surface area contributed by atoms with Gasteiger partial charge in [0.25, 0.3) is 5.91 Å². The highest BCUT2D eigenvalue weighted by molar-refractivity contribution is 6.01. The highest BCUT2D eigenvalue weighted by Crippen LogP contribution is 2.29. The van der Waals surface area contributed by atoms with E-state index in [1.54, 1.807) is 29.2 Å². The number of rotatable bonds is 6. The number of carbonyl (C=O) groups excluding carboxylic acids is 2. The van der Waals surface area contributed by atoms with E-state index in [9.17, 15) is 14.9 Å². The van der Waals surface area contributed by atoms with Crippen molar-refractivity contribution in [2.75, 3.05) is 33.4 Å². The summed E-state index contributed by atoms with van der Waals surface area (Å²) < 4.78 is 15.9. The number of hydrogen-bond acceptors (Lipinski definition) is 6. The van der Waals surface area contributed by atoms with Gasteiger partial charge < -0.3 is 19.1 Å². The minimum absolute atomic E-state index is 0.0134. The van der Waals surface area contributed by atoms with Crippen molar-refractivity contribution in [3.63, 3.8) is 0 Å². The first-order valence-electron chi connectivity index (χ1n) is 9.72. The summed E-state index contributed by atoms with van der Waals surface area (Å²) in [5, 5.41) is 9.44. The van der Waals surface area contributed by atoms with Gasteiger partial charge in [-0.15, -0.1) is 0 Å². The van der Waals surface area contributed by atoms with Crippen LogP contribution in [0.4, 0.5) is 0 Å². The molecule has 0 atom stereocenters. The molecular weight excluding hydrogens is 396 g/mol. The molecule has 0 spiro atoms. The van der Waals surface area contributed by atoms with Crippen LogP contribution in [0.3, 0.4) is 0 Å². The van der Waals surface area contributed by atoms with Crippen LogP contribution < -0.4 is 9.47 Å². The molecule has 3 rings (SSSR count). The van der Waals surface area contributed by atoms with Crippen LogP contribution in [0.1, 0.15) is 11.1 Å². The second kappa shape index (κ2) is 10.8. The topological polar surface area (TPSA) is 88.9 Å². The summed E-state index contributed by atoms with van der Waals surface area (Å²) in [7, 11) is 1.45. The summed E-state index contributed by atoms with van der Waals surface area (Å²) in [5.41, 5.74) is 1.47. The van der Waals surface area contributed by atoms with Crippen LogP contribution in [0, 0.1) is 11.3 Å². The van der Waals surface area contributed by atoms with E-state index in [4.69, 9.17) is 14.2 Å². The third kappa shape index (κ3) is 6.04. The van der Waals surface area contributed by atoms with Gasteiger partial charge in [-0.3, -0.25) is 4.79 Å². The first-order valence-corrected chi connectivity index (χ1v) is 9.72. The first kappa shape index (κ1) is 21.8. The lowest BCUT2D eigenvalue weighted by molar-refractivity contribution is -0.130. The number of esters is 1. The molecule has 0 N–H and O–H groups in total. The molecule has 0 radical (unpaired) electrons. The van der Waals surface area contributed by atoms with Crippen molar-refractivity contribution in [2.45, 2.75) is 0 Å². The Hall–Kier alpha value is -3.89. The Kier molecular flexibility index (Phi) is 7.57. The zero-order valence-corrected chi connectivity index (χ0v) is 17.1. The molecule has 1 saturated heterocycles. The van der Waals surface area contributed by atoms with Crippen LogP contribution >= 0.6 is 0 Å². The van der Waals surface area contributed by atoms with Gasteiger partial charge in [-0.1, -0.05) is 36.4 Å². The van der Waals surface area contributed by atoms with Gasteiger partial charge in [0.15, 0.2) is 11.5 Å². The van der Waals surface area contributed by atoms with E-state index in [1.165, 1.54) is 19.3 Å². The smallest absolute Gasteiger partial charge is 0.336 e. The fraction of sp³-hybridized carbons (Fsp3) is 0.208. The minimum atomic E-state index is -0.550. The number of methoxy groups -OCH3 is 1. The Balaban J connectivity index is 1.73. The molecule has 0 aromatic heterocycles. The molecule has 1 aliphatic rings. The largest absolute Gasteiger partial charge is 0.493 e. The van der Waals surface area contributed by atoms with Gasteiger partial charge in [0.2, 0.25) is 0 Å². The SMILES string of the molecule is COc1cc(/C=C(\C#N)C(=O)N2CCOCC2)ccc1OC(=O)/C=C/c1ccccc1. The van der Waals surface area contributed by atoms with Gasteiger partial charge in [-0.25, -0.2) is 4.79 Å². The molecule has 31 heavy (non-hydrogen) atoms. The Morgan fingerprint density at radius 3 is 2.48 bits per heavy atom. The number of ether oxygens (including phenoxy) is 3. The average Bonchev–Trinajstić information content (AvgIpc) is 2.82. The van der Waals surface area contributed by atoms with Gasteiger partial charge in [0.05, 0.1) is 20.3 Å². The van der Waals surface area contributed by atoms with E-state index in [1.807, 2.05) is 36.4 Å². The molecule has 1 aliphatic heterocycles. The molecule has 1 heterocycles. The fourth-order valence-corrected chi connectivity index (χ4v) is 2.97. The predicted octanol–water partition coefficient (Wildman–Crippen LogP) is 3.08. The van der Waals surface area contributed by atoms with Crippen LogP contribution in [0.5, 0.6) is 11.5 Å². The number of nitriles is 1. The summed E-state index contributed by atoms with van der Waals surface area (Å²) in [4.78, 5) is 26.3. The van der Waals surface area contributed by atoms with Crippen molar-refractivity contribution in [2.24, 2.45) is 0 Å². The maximum atomic E-state index is 12.6. The summed E-state index contributed by atoms with van der Waals surface area (Å²) in [6, 6.07) is 16.2. The number of morpholine rings is 1. The minimum Gasteiger partial charge on any atom is -0.493 e. The molecule has 1 fully saturated rings. The van der Waals surface area contributed by atoms with Gasteiger partial charge in [-0.05, 0) is 35.4 Å². The monoisotopic (exact) mass is 418 g/mol. The van der Waals surface area contributed by atoms with Crippen molar-refractivity contribution in [1.82, 2.24) is 4.90 Å². The molecule has 0 bridgehead atoms. The Bertz CT molecular complexity index is 1030. The standard InChI is InChI=1S/C24H22N2O5/c1-29-22-16-19(15-20(17-25)24(28)26-11-13-30-14-12-26)7-9-21(22)31-23(27)10-8-18-5-3-2-4-6-18/h2-10,15-16H,11-14H2,1H3/b10-8+,20-15+. The number of benzene rings is 2. The average molecular weight is 418 g/mol. The predicted molar refractivity (Wildman–Crippen MR) is 115 cm³/mol. The molecule has 7 heteroatoms. The maximum absolute atomic E-state index is 12.6. The van der Waals surface area contributed by atoms with Gasteiger partial charge in [-0.2, -0.15) is 5.26 Å². The van der Waals surface area contributed by atoms with Crippen LogP contribution in [-0.4, -0.2) is 50.2 Å². The molecule has 0 unspecified atom stereocenters. The fourth-order valence-electron chi connectivity index (χ4n) is 2.97. The van der Waals surface area contributed by atoms with Crippen LogP contribution in [0.2, 0.25) is 0 Å². The van der Waals surface area contributed by atoms with Gasteiger partial charge in [0, 0.05) is 19.2 Å². The number of hydrogen-bond donors (Lipinski definition) is 0. The molecule has 0 aliphatic carbocycles. The molecule has 158 valence electrons. The second-order valence-electron chi connectivity index (χ2n) is 6.65. The lowest BCUT2D eigenvalue weighted by Crippen LogP contribution is -2.41. The normalized spacial score (nSPS) is 14.2. The Morgan fingerprint density at radius 1 is 1.06 bits per heavy atom. The van der Waals surface area contributed by atoms with Crippen molar-refractivity contribution < 1.29 is 23.8 Å². The Labute approximate surface area is 180 Å². The quantitative estimate of drug-likeness (QED) is 0.310. The molecule has 1 amide bonds. The zero-order valence-electron chi connectivity index (χ0n) is 17.1. The molecule has 7 nitrogen and oxygen atoms in total. The van der Waals surface area contributed by atoms with Crippen molar-refractivity contribution in [1.29, 1.82) is 5.26 Å². The third-order valence-corrected chi connectivity index (χ3v) is 4.57. The third-order valence-electron chi connectivity index (χ3n) is 4.57. The van der Waals surface area contributed by atoms with Crippen molar-refractivity contribution in [3.8, 4) is 17.6 Å². The number of carbonyl (C=O) groups is 2. The van der Waals surface area contributed by atoms with E-state index in [0.29, 0.717) is 37.6 Å². The van der Waals surface area contributed by atoms with E-state index < -0.39 is 5.97 Å². The summed E-state index contributed by atoms with van der Waals surface area (Å²) in [6.45, 7) is 1.81. The van der Waals surface area contributed by atoms with Gasteiger partial charge in [0.1, 0.15) is 11.6 Å². The summed E-state index contributed by atoms with van der Waals surface area (Å²) in [6.07, 6.45) is 4.47. The molecule has 2 aromatic carbocycles. The first-order chi connectivity index (χ1) is 15.1. The molecular formula is C24H22N2O5. The van der Waals surface area contributed by atoms with E-state index in [2.05, 4.69) is 0 Å². The highest BCUT2D eigenvalue weighted by Gasteiger charge is 2.20. The maximum Gasteiger partial charge on any atom is 0.336 e.